The Labute approximate surface area is 273 Å². The van der Waals surface area contributed by atoms with Crippen molar-refractivity contribution in [3.8, 4) is 56.8 Å². The van der Waals surface area contributed by atoms with Crippen LogP contribution in [0.4, 0.5) is 0 Å². The fraction of sp³-hybridized carbons (Fsp3) is 0.0465. The highest BCUT2D eigenvalue weighted by Crippen LogP contribution is 2.39. The van der Waals surface area contributed by atoms with E-state index in [2.05, 4.69) is 109 Å². The summed E-state index contributed by atoms with van der Waals surface area (Å²) >= 11 is 0. The van der Waals surface area contributed by atoms with Gasteiger partial charge in [-0.3, -0.25) is 0 Å². The average Bonchev–Trinajstić information content (AvgIpc) is 3.45. The number of aryl methyl sites for hydroxylation is 2. The number of para-hydroxylation sites is 1. The molecule has 0 unspecified atom stereocenters. The minimum atomic E-state index is 0.572. The Morgan fingerprint density at radius 3 is 1.85 bits per heavy atom. The Balaban J connectivity index is 1.43. The molecule has 6 aromatic carbocycles. The molecule has 0 saturated carbocycles. The second-order valence-corrected chi connectivity index (χ2v) is 11.9. The van der Waals surface area contributed by atoms with Gasteiger partial charge in [-0.25, -0.2) is 9.97 Å². The van der Waals surface area contributed by atoms with Gasteiger partial charge in [-0.15, -0.1) is 0 Å². The normalized spacial score (nSPS) is 11.2. The van der Waals surface area contributed by atoms with Gasteiger partial charge in [0.1, 0.15) is 0 Å². The number of nitrogens with zero attached hydrogens (tertiary/aromatic N) is 4. The molecule has 0 aliphatic heterocycles. The van der Waals surface area contributed by atoms with Gasteiger partial charge in [-0.1, -0.05) is 115 Å². The van der Waals surface area contributed by atoms with Crippen molar-refractivity contribution >= 4 is 21.8 Å². The topological polar surface area (TPSA) is 54.5 Å². The lowest BCUT2D eigenvalue weighted by molar-refractivity contribution is 1.14. The van der Waals surface area contributed by atoms with Gasteiger partial charge < -0.3 is 4.57 Å². The molecule has 0 aliphatic rings. The highest BCUT2D eigenvalue weighted by molar-refractivity contribution is 6.10. The molecule has 47 heavy (non-hydrogen) atoms. The fourth-order valence-corrected chi connectivity index (χ4v) is 6.59. The Kier molecular flexibility index (Phi) is 6.93. The highest BCUT2D eigenvalue weighted by Gasteiger charge is 2.20. The molecule has 0 N–H and O–H groups in total. The molecular formula is C43H30N4. The van der Waals surface area contributed by atoms with Crippen LogP contribution in [0.1, 0.15) is 16.7 Å². The van der Waals surface area contributed by atoms with E-state index in [1.165, 1.54) is 16.7 Å². The van der Waals surface area contributed by atoms with Crippen LogP contribution in [-0.4, -0.2) is 14.5 Å². The number of rotatable bonds is 5. The zero-order valence-electron chi connectivity index (χ0n) is 26.1. The molecular weight excluding hydrogens is 573 g/mol. The van der Waals surface area contributed by atoms with Gasteiger partial charge in [-0.2, -0.15) is 5.26 Å². The van der Waals surface area contributed by atoms with Crippen LogP contribution in [0, 0.1) is 25.2 Å². The molecule has 0 saturated heterocycles. The summed E-state index contributed by atoms with van der Waals surface area (Å²) in [4.78, 5) is 10.3. The van der Waals surface area contributed by atoms with E-state index < -0.39 is 0 Å². The zero-order chi connectivity index (χ0) is 31.9. The first-order valence-corrected chi connectivity index (χ1v) is 15.7. The summed E-state index contributed by atoms with van der Waals surface area (Å²) in [6, 6.07) is 52.4. The smallest absolute Gasteiger partial charge is 0.162 e. The largest absolute Gasteiger partial charge is 0.308 e. The van der Waals surface area contributed by atoms with E-state index in [1.54, 1.807) is 0 Å². The van der Waals surface area contributed by atoms with Crippen LogP contribution in [-0.2, 0) is 0 Å². The van der Waals surface area contributed by atoms with Gasteiger partial charge in [-0.05, 0) is 66.9 Å². The quantitative estimate of drug-likeness (QED) is 0.197. The average molecular weight is 603 g/mol. The lowest BCUT2D eigenvalue weighted by Crippen LogP contribution is -2.02. The van der Waals surface area contributed by atoms with Gasteiger partial charge in [0.25, 0.3) is 0 Å². The molecule has 0 radical (unpaired) electrons. The number of hydrogen-bond acceptors (Lipinski definition) is 3. The third-order valence-electron chi connectivity index (χ3n) is 8.84. The van der Waals surface area contributed by atoms with E-state index in [-0.39, 0.29) is 0 Å². The molecule has 0 amide bonds. The molecule has 0 atom stereocenters. The molecule has 0 aliphatic carbocycles. The molecule has 222 valence electrons. The summed E-state index contributed by atoms with van der Waals surface area (Å²) in [6.45, 7) is 4.29. The monoisotopic (exact) mass is 602 g/mol. The highest BCUT2D eigenvalue weighted by atomic mass is 15.0. The second kappa shape index (κ2) is 11.6. The van der Waals surface area contributed by atoms with E-state index in [0.717, 1.165) is 61.1 Å². The van der Waals surface area contributed by atoms with Crippen molar-refractivity contribution in [1.82, 2.24) is 14.5 Å². The van der Waals surface area contributed by atoms with Gasteiger partial charge in [0.15, 0.2) is 5.82 Å². The summed E-state index contributed by atoms with van der Waals surface area (Å²) in [5.74, 6) is 0.598. The SMILES string of the molecule is Cc1ccc(-c2ccc3c4ccccc4n(-c4cc(C#N)ccc4-c4nc(-c5ccccc5)cc(-c5ccccc5)n4)c3c2)c(C)c1. The predicted molar refractivity (Wildman–Crippen MR) is 192 cm³/mol. The molecule has 0 fully saturated rings. The first-order chi connectivity index (χ1) is 23.1. The van der Waals surface area contributed by atoms with Crippen molar-refractivity contribution in [3.63, 3.8) is 0 Å². The number of aromatic nitrogens is 3. The molecule has 2 heterocycles. The maximum atomic E-state index is 10.1. The predicted octanol–water partition coefficient (Wildman–Crippen LogP) is 10.7. The summed E-state index contributed by atoms with van der Waals surface area (Å²) in [7, 11) is 0. The zero-order valence-corrected chi connectivity index (χ0v) is 26.1. The molecule has 4 heteroatoms. The summed E-state index contributed by atoms with van der Waals surface area (Å²) in [6.07, 6.45) is 0. The molecule has 0 bridgehead atoms. The maximum Gasteiger partial charge on any atom is 0.162 e. The van der Waals surface area contributed by atoms with Crippen molar-refractivity contribution in [3.05, 3.63) is 162 Å². The van der Waals surface area contributed by atoms with E-state index in [1.807, 2.05) is 60.7 Å². The number of benzene rings is 6. The van der Waals surface area contributed by atoms with Crippen molar-refractivity contribution in [2.24, 2.45) is 0 Å². The van der Waals surface area contributed by atoms with E-state index >= 15 is 0 Å². The standard InChI is InChI=1S/C43H30N4/c1-28-17-20-34(29(2)23-28)33-19-22-36-35-15-9-10-16-40(35)47(42(36)25-33)41-24-30(27-44)18-21-37(41)43-45-38(31-11-5-3-6-12-31)26-39(46-43)32-13-7-4-8-14-32/h3-26H,1-2H3. The van der Waals surface area contributed by atoms with Gasteiger partial charge in [0.05, 0.1) is 39.7 Å². The fourth-order valence-electron chi connectivity index (χ4n) is 6.59. The Bertz CT molecular complexity index is 2430. The minimum absolute atomic E-state index is 0.572. The first kappa shape index (κ1) is 28.2. The van der Waals surface area contributed by atoms with Crippen LogP contribution in [0.2, 0.25) is 0 Å². The Morgan fingerprint density at radius 2 is 1.17 bits per heavy atom. The number of fused-ring (bicyclic) bond motifs is 3. The maximum absolute atomic E-state index is 10.1. The minimum Gasteiger partial charge on any atom is -0.308 e. The van der Waals surface area contributed by atoms with Gasteiger partial charge >= 0.3 is 0 Å². The van der Waals surface area contributed by atoms with Crippen LogP contribution in [0.15, 0.2) is 146 Å². The van der Waals surface area contributed by atoms with Crippen LogP contribution in [0.3, 0.4) is 0 Å². The lowest BCUT2D eigenvalue weighted by atomic mass is 9.97. The van der Waals surface area contributed by atoms with Crippen molar-refractivity contribution in [1.29, 1.82) is 5.26 Å². The molecule has 4 nitrogen and oxygen atoms in total. The molecule has 0 spiro atoms. The van der Waals surface area contributed by atoms with Crippen molar-refractivity contribution in [2.75, 3.05) is 0 Å². The number of hydrogen-bond donors (Lipinski definition) is 0. The van der Waals surface area contributed by atoms with E-state index in [9.17, 15) is 5.26 Å². The van der Waals surface area contributed by atoms with Gasteiger partial charge in [0, 0.05) is 27.5 Å². The second-order valence-electron chi connectivity index (χ2n) is 11.9. The third kappa shape index (κ3) is 5.05. The van der Waals surface area contributed by atoms with Crippen LogP contribution in [0.25, 0.3) is 72.5 Å². The van der Waals surface area contributed by atoms with Crippen LogP contribution in [0.5, 0.6) is 0 Å². The molecule has 2 aromatic heterocycles. The molecule has 8 rings (SSSR count). The summed E-state index contributed by atoms with van der Waals surface area (Å²) in [5.41, 5.74) is 12.9. The summed E-state index contributed by atoms with van der Waals surface area (Å²) in [5, 5.41) is 12.4. The Morgan fingerprint density at radius 1 is 0.532 bits per heavy atom. The van der Waals surface area contributed by atoms with Gasteiger partial charge in [0.2, 0.25) is 0 Å². The first-order valence-electron chi connectivity index (χ1n) is 15.7. The number of nitriles is 1. The van der Waals surface area contributed by atoms with Crippen LogP contribution < -0.4 is 0 Å². The van der Waals surface area contributed by atoms with E-state index in [4.69, 9.17) is 9.97 Å². The van der Waals surface area contributed by atoms with E-state index in [0.29, 0.717) is 11.4 Å². The van der Waals surface area contributed by atoms with Crippen LogP contribution >= 0.6 is 0 Å². The molecule has 8 aromatic rings. The van der Waals surface area contributed by atoms with Crippen molar-refractivity contribution < 1.29 is 0 Å². The third-order valence-corrected chi connectivity index (χ3v) is 8.84. The summed E-state index contributed by atoms with van der Waals surface area (Å²) < 4.78 is 2.27. The lowest BCUT2D eigenvalue weighted by Gasteiger charge is -2.16. The van der Waals surface area contributed by atoms with Crippen molar-refractivity contribution in [2.45, 2.75) is 13.8 Å². The Hall–Kier alpha value is -6.31.